The highest BCUT2D eigenvalue weighted by molar-refractivity contribution is 6.38. The molecule has 2 aliphatic rings. The number of Topliss-reactive ketones (excluding diaryl/α,β-unsaturated/α-hetero) is 1. The maximum absolute atomic E-state index is 14.1. The van der Waals surface area contributed by atoms with Crippen LogP contribution in [0.4, 0.5) is 18.0 Å². The van der Waals surface area contributed by atoms with Crippen molar-refractivity contribution in [2.75, 3.05) is 13.1 Å². The molecule has 6 atom stereocenters. The molecule has 0 aromatic carbocycles. The number of halogens is 3. The highest BCUT2D eigenvalue weighted by atomic mass is 19.4. The van der Waals surface area contributed by atoms with Gasteiger partial charge in [-0.1, -0.05) is 54.5 Å². The summed E-state index contributed by atoms with van der Waals surface area (Å²) in [5.74, 6) is -6.16. The normalized spacial score (nSPS) is 22.3. The summed E-state index contributed by atoms with van der Waals surface area (Å²) in [4.78, 5) is 80.0. The smallest absolute Gasteiger partial charge is 0.391 e. The summed E-state index contributed by atoms with van der Waals surface area (Å²) < 4.78 is 45.8. The number of ketones is 1. The van der Waals surface area contributed by atoms with Gasteiger partial charge < -0.3 is 30.9 Å². The Morgan fingerprint density at radius 3 is 2.02 bits per heavy atom. The molecule has 47 heavy (non-hydrogen) atoms. The summed E-state index contributed by atoms with van der Waals surface area (Å²) in [5, 5.41) is 9.42. The molecule has 0 aromatic rings. The molecule has 1 saturated carbocycles. The van der Waals surface area contributed by atoms with Crippen LogP contribution in [-0.4, -0.2) is 89.4 Å². The molecule has 4 N–H and O–H groups in total. The number of nitrogens with zero attached hydrogens (tertiary/aromatic N) is 1. The fraction of sp³-hybridized carbons (Fsp3) is 0.750. The number of urea groups is 1. The van der Waals surface area contributed by atoms with Gasteiger partial charge in [0, 0.05) is 13.1 Å². The lowest BCUT2D eigenvalue weighted by atomic mass is 9.85. The van der Waals surface area contributed by atoms with Crippen molar-refractivity contribution in [3.8, 4) is 0 Å². The molecule has 0 radical (unpaired) electrons. The Bertz CT molecular complexity index is 1250. The lowest BCUT2D eigenvalue weighted by molar-refractivity contribution is -0.158. The Kier molecular flexibility index (Phi) is 12.0. The molecule has 1 aliphatic heterocycles. The van der Waals surface area contributed by atoms with E-state index < -0.39 is 94.6 Å². The number of carbonyl (C=O) groups excluding carboxylic acids is 6. The maximum Gasteiger partial charge on any atom is 0.391 e. The fourth-order valence-electron chi connectivity index (χ4n) is 5.91. The van der Waals surface area contributed by atoms with E-state index in [1.165, 1.54) is 11.0 Å². The minimum absolute atomic E-state index is 0.0781. The first-order chi connectivity index (χ1) is 21.2. The van der Waals surface area contributed by atoms with Crippen LogP contribution in [0.2, 0.25) is 0 Å². The number of amides is 5. The molecule has 0 bridgehead atoms. The molecule has 0 spiro atoms. The molecular weight excluding hydrogens is 623 g/mol. The van der Waals surface area contributed by atoms with Gasteiger partial charge in [0.05, 0.1) is 6.42 Å². The van der Waals surface area contributed by atoms with Crippen molar-refractivity contribution in [1.82, 2.24) is 26.2 Å². The number of fused-ring (bicyclic) bond motifs is 1. The number of ether oxygens (including phenoxy) is 1. The quantitative estimate of drug-likeness (QED) is 0.141. The van der Waals surface area contributed by atoms with Crippen LogP contribution < -0.4 is 21.3 Å². The van der Waals surface area contributed by atoms with Gasteiger partial charge in [0.1, 0.15) is 29.8 Å². The van der Waals surface area contributed by atoms with Crippen molar-refractivity contribution in [2.45, 2.75) is 112 Å². The largest absolute Gasteiger partial charge is 0.458 e. The summed E-state index contributed by atoms with van der Waals surface area (Å²) in [6.45, 7) is 20.5. The van der Waals surface area contributed by atoms with E-state index >= 15 is 0 Å². The summed E-state index contributed by atoms with van der Waals surface area (Å²) in [6.07, 6.45) is -5.46. The van der Waals surface area contributed by atoms with E-state index in [-0.39, 0.29) is 24.9 Å². The van der Waals surface area contributed by atoms with Crippen LogP contribution in [0, 0.1) is 28.6 Å². The lowest BCUT2D eigenvalue weighted by Crippen LogP contribution is -2.62. The third-order valence-electron chi connectivity index (χ3n) is 8.46. The van der Waals surface area contributed by atoms with E-state index in [0.29, 0.717) is 0 Å². The van der Waals surface area contributed by atoms with Crippen molar-refractivity contribution in [2.24, 2.45) is 28.6 Å². The molecule has 0 aromatic heterocycles. The summed E-state index contributed by atoms with van der Waals surface area (Å²) >= 11 is 0. The third-order valence-corrected chi connectivity index (χ3v) is 8.46. The standard InChI is InChI=1S/C32H50F3N5O7/c1-12-13-36-25(43)22(41)18(14-32(33,34)35)37-24(42)21-19-17(31(19,10)11)15-40(21)26(44)23(29(4,5)6)39-28(46)38-20(16(2)3)27(45)47-30(7,8)9/h12,16-21,23H,1,13-15H2,2-11H3,(H,36,43)(H,37,42)(H2,38,39,46)/t17-,18?,19-,20-,21-,23+/m0/s1. The first-order valence-corrected chi connectivity index (χ1v) is 15.6. The molecule has 1 unspecified atom stereocenters. The maximum atomic E-state index is 14.1. The SMILES string of the molecule is C=CCNC(=O)C(=O)C(CC(F)(F)F)NC(=O)[C@@H]1[C@@H]2[C@H](CN1C(=O)[C@@H](NC(=O)N[C@H](C(=O)OC(C)(C)C)C(C)C)C(C)(C)C)C2(C)C. The van der Waals surface area contributed by atoms with E-state index in [4.69, 9.17) is 4.74 Å². The second kappa shape index (κ2) is 14.2. The second-order valence-electron chi connectivity index (χ2n) is 15.3. The topological polar surface area (TPSA) is 163 Å². The number of nitrogens with one attached hydrogen (secondary N) is 4. The number of carbonyl (C=O) groups is 6. The van der Waals surface area contributed by atoms with Crippen molar-refractivity contribution in [1.29, 1.82) is 0 Å². The Morgan fingerprint density at radius 1 is 0.979 bits per heavy atom. The monoisotopic (exact) mass is 673 g/mol. The van der Waals surface area contributed by atoms with Crippen molar-refractivity contribution in [3.63, 3.8) is 0 Å². The third kappa shape index (κ3) is 10.2. The van der Waals surface area contributed by atoms with E-state index in [1.807, 2.05) is 13.8 Å². The Labute approximate surface area is 274 Å². The molecule has 5 amide bonds. The van der Waals surface area contributed by atoms with E-state index in [1.54, 1.807) is 55.4 Å². The van der Waals surface area contributed by atoms with Gasteiger partial charge in [-0.3, -0.25) is 19.2 Å². The number of esters is 1. The fourth-order valence-corrected chi connectivity index (χ4v) is 5.91. The highest BCUT2D eigenvalue weighted by Gasteiger charge is 2.70. The number of rotatable bonds is 12. The van der Waals surface area contributed by atoms with Gasteiger partial charge in [-0.05, 0) is 49.4 Å². The lowest BCUT2D eigenvalue weighted by Gasteiger charge is -2.38. The zero-order valence-electron chi connectivity index (χ0n) is 28.9. The molecule has 2 fully saturated rings. The minimum Gasteiger partial charge on any atom is -0.458 e. The molecule has 2 rings (SSSR count). The first kappa shape index (κ1) is 39.5. The Hall–Kier alpha value is -3.65. The molecule has 266 valence electrons. The average Bonchev–Trinajstić information content (AvgIpc) is 3.22. The Balaban J connectivity index is 2.36. The van der Waals surface area contributed by atoms with Gasteiger partial charge >= 0.3 is 18.2 Å². The average molecular weight is 674 g/mol. The summed E-state index contributed by atoms with van der Waals surface area (Å²) in [6, 6.07) is -6.62. The van der Waals surface area contributed by atoms with E-state index in [0.717, 1.165) is 0 Å². The molecule has 1 aliphatic carbocycles. The molecule has 1 heterocycles. The van der Waals surface area contributed by atoms with Gasteiger partial charge in [0.15, 0.2) is 0 Å². The second-order valence-corrected chi connectivity index (χ2v) is 15.3. The summed E-state index contributed by atoms with van der Waals surface area (Å²) in [7, 11) is 0. The predicted molar refractivity (Wildman–Crippen MR) is 166 cm³/mol. The van der Waals surface area contributed by atoms with Crippen LogP contribution >= 0.6 is 0 Å². The highest BCUT2D eigenvalue weighted by Crippen LogP contribution is 2.65. The summed E-state index contributed by atoms with van der Waals surface area (Å²) in [5.41, 5.74) is -2.18. The van der Waals surface area contributed by atoms with Gasteiger partial charge in [-0.2, -0.15) is 13.2 Å². The molecule has 1 saturated heterocycles. The molecule has 12 nitrogen and oxygen atoms in total. The van der Waals surface area contributed by atoms with Crippen LogP contribution in [0.15, 0.2) is 12.7 Å². The minimum atomic E-state index is -4.90. The number of piperidine rings is 1. The van der Waals surface area contributed by atoms with Crippen LogP contribution in [-0.2, 0) is 28.7 Å². The Morgan fingerprint density at radius 2 is 1.55 bits per heavy atom. The van der Waals surface area contributed by atoms with Crippen molar-refractivity contribution >= 4 is 35.5 Å². The van der Waals surface area contributed by atoms with Crippen molar-refractivity contribution < 1.29 is 46.7 Å². The van der Waals surface area contributed by atoms with Crippen LogP contribution in [0.1, 0.15) is 75.7 Å². The number of alkyl halides is 3. The zero-order valence-corrected chi connectivity index (χ0v) is 28.9. The van der Waals surface area contributed by atoms with E-state index in [2.05, 4.69) is 27.8 Å². The predicted octanol–water partition coefficient (Wildman–Crippen LogP) is 2.86. The zero-order chi connectivity index (χ0) is 36.4. The number of likely N-dealkylation sites (tertiary alicyclic amines) is 1. The van der Waals surface area contributed by atoms with Crippen LogP contribution in [0.3, 0.4) is 0 Å². The van der Waals surface area contributed by atoms with Gasteiger partial charge in [0.2, 0.25) is 17.6 Å². The number of hydrogen-bond acceptors (Lipinski definition) is 7. The first-order valence-electron chi connectivity index (χ1n) is 15.6. The van der Waals surface area contributed by atoms with Gasteiger partial charge in [-0.25, -0.2) is 9.59 Å². The number of hydrogen-bond donors (Lipinski definition) is 4. The van der Waals surface area contributed by atoms with Gasteiger partial charge in [-0.15, -0.1) is 6.58 Å². The van der Waals surface area contributed by atoms with Gasteiger partial charge in [0.25, 0.3) is 5.91 Å². The molecular formula is C32H50F3N5O7. The van der Waals surface area contributed by atoms with Crippen LogP contribution in [0.25, 0.3) is 0 Å². The van der Waals surface area contributed by atoms with Crippen LogP contribution in [0.5, 0.6) is 0 Å². The van der Waals surface area contributed by atoms with E-state index in [9.17, 15) is 41.9 Å². The molecule has 15 heteroatoms. The van der Waals surface area contributed by atoms with Crippen molar-refractivity contribution in [3.05, 3.63) is 12.7 Å².